The van der Waals surface area contributed by atoms with Gasteiger partial charge in [0.2, 0.25) is 0 Å². The number of hydrogen-bond acceptors (Lipinski definition) is 2. The van der Waals surface area contributed by atoms with Crippen molar-refractivity contribution in [1.82, 2.24) is 5.32 Å². The van der Waals surface area contributed by atoms with Crippen molar-refractivity contribution in [3.05, 3.63) is 42.0 Å². The molecule has 0 amide bonds. The molecule has 1 atom stereocenters. The van der Waals surface area contributed by atoms with E-state index in [1.165, 1.54) is 0 Å². The minimum atomic E-state index is -0.781. The zero-order valence-corrected chi connectivity index (χ0v) is 11.0. The minimum Gasteiger partial charge on any atom is -0.480 e. The molecule has 0 saturated carbocycles. The van der Waals surface area contributed by atoms with Crippen molar-refractivity contribution < 1.29 is 9.90 Å². The highest BCUT2D eigenvalue weighted by Gasteiger charge is 2.16. The van der Waals surface area contributed by atoms with Crippen molar-refractivity contribution in [2.45, 2.75) is 26.3 Å². The summed E-state index contributed by atoms with van der Waals surface area (Å²) in [5.74, 6) is -0.409. The van der Waals surface area contributed by atoms with E-state index >= 15 is 0 Å². The molecular weight excluding hydrogens is 226 g/mol. The third kappa shape index (κ3) is 5.64. The molecule has 0 bridgehead atoms. The van der Waals surface area contributed by atoms with Gasteiger partial charge >= 0.3 is 5.97 Å². The topological polar surface area (TPSA) is 49.3 Å². The monoisotopic (exact) mass is 247 g/mol. The minimum absolute atomic E-state index is 0.372. The van der Waals surface area contributed by atoms with E-state index in [1.54, 1.807) is 0 Å². The second-order valence-electron chi connectivity index (χ2n) is 4.74. The first-order valence-electron chi connectivity index (χ1n) is 6.27. The quantitative estimate of drug-likeness (QED) is 0.779. The van der Waals surface area contributed by atoms with Crippen molar-refractivity contribution in [3.8, 4) is 0 Å². The Balaban J connectivity index is 2.39. The Hall–Kier alpha value is -1.61. The van der Waals surface area contributed by atoms with Crippen LogP contribution in [0.5, 0.6) is 0 Å². The van der Waals surface area contributed by atoms with Crippen LogP contribution < -0.4 is 5.32 Å². The van der Waals surface area contributed by atoms with E-state index in [0.29, 0.717) is 18.9 Å². The summed E-state index contributed by atoms with van der Waals surface area (Å²) in [5, 5.41) is 12.1. The molecular formula is C15H21NO2. The molecule has 1 aromatic rings. The highest BCUT2D eigenvalue weighted by Crippen LogP contribution is 2.05. The van der Waals surface area contributed by atoms with Gasteiger partial charge in [-0.15, -0.1) is 0 Å². The van der Waals surface area contributed by atoms with Crippen LogP contribution in [0, 0.1) is 5.92 Å². The van der Waals surface area contributed by atoms with Crippen LogP contribution in [0.25, 0.3) is 6.08 Å². The average molecular weight is 247 g/mol. The number of rotatable bonds is 7. The van der Waals surface area contributed by atoms with Crippen molar-refractivity contribution in [2.75, 3.05) is 6.54 Å². The van der Waals surface area contributed by atoms with Crippen molar-refractivity contribution in [3.63, 3.8) is 0 Å². The van der Waals surface area contributed by atoms with Crippen LogP contribution in [-0.2, 0) is 4.79 Å². The van der Waals surface area contributed by atoms with Gasteiger partial charge in [0.25, 0.3) is 0 Å². The fourth-order valence-electron chi connectivity index (χ4n) is 1.71. The molecule has 0 spiro atoms. The fourth-order valence-corrected chi connectivity index (χ4v) is 1.71. The molecule has 98 valence electrons. The zero-order valence-electron chi connectivity index (χ0n) is 11.0. The Morgan fingerprint density at radius 2 is 2.00 bits per heavy atom. The standard InChI is InChI=1S/C15H21NO2/c1-12(2)11-14(15(17)18)16-10-6-9-13-7-4-3-5-8-13/h3-9,12,14,16H,10-11H2,1-2H3,(H,17,18)/b9-6+/t14-/m1/s1. The van der Waals surface area contributed by atoms with Gasteiger partial charge in [-0.2, -0.15) is 0 Å². The lowest BCUT2D eigenvalue weighted by molar-refractivity contribution is -0.139. The van der Waals surface area contributed by atoms with Crippen molar-refractivity contribution in [1.29, 1.82) is 0 Å². The number of aliphatic carboxylic acids is 1. The summed E-state index contributed by atoms with van der Waals surface area (Å²) in [6.07, 6.45) is 4.58. The van der Waals surface area contributed by atoms with Crippen molar-refractivity contribution >= 4 is 12.0 Å². The van der Waals surface area contributed by atoms with Gasteiger partial charge in [-0.25, -0.2) is 0 Å². The second-order valence-corrected chi connectivity index (χ2v) is 4.74. The van der Waals surface area contributed by atoms with Gasteiger partial charge in [0.1, 0.15) is 6.04 Å². The maximum atomic E-state index is 11.0. The van der Waals surface area contributed by atoms with Crippen LogP contribution in [0.3, 0.4) is 0 Å². The summed E-state index contributed by atoms with van der Waals surface area (Å²) >= 11 is 0. The van der Waals surface area contributed by atoms with Crippen LogP contribution in [0.4, 0.5) is 0 Å². The molecule has 18 heavy (non-hydrogen) atoms. The lowest BCUT2D eigenvalue weighted by Gasteiger charge is -2.15. The lowest BCUT2D eigenvalue weighted by atomic mass is 10.0. The van der Waals surface area contributed by atoms with E-state index < -0.39 is 12.0 Å². The van der Waals surface area contributed by atoms with Gasteiger partial charge in [-0.1, -0.05) is 56.3 Å². The number of carboxylic acid groups (broad SMARTS) is 1. The number of hydrogen-bond donors (Lipinski definition) is 2. The first-order valence-corrected chi connectivity index (χ1v) is 6.27. The van der Waals surface area contributed by atoms with Gasteiger partial charge < -0.3 is 10.4 Å². The summed E-state index contributed by atoms with van der Waals surface area (Å²) in [5.41, 5.74) is 1.12. The summed E-state index contributed by atoms with van der Waals surface area (Å²) < 4.78 is 0. The summed E-state index contributed by atoms with van der Waals surface area (Å²) in [4.78, 5) is 11.0. The molecule has 0 fully saturated rings. The smallest absolute Gasteiger partial charge is 0.320 e. The van der Waals surface area contributed by atoms with E-state index in [9.17, 15) is 4.79 Å². The molecule has 0 radical (unpaired) electrons. The van der Waals surface area contributed by atoms with E-state index in [-0.39, 0.29) is 0 Å². The number of nitrogens with one attached hydrogen (secondary N) is 1. The number of carbonyl (C=O) groups is 1. The van der Waals surface area contributed by atoms with Gasteiger partial charge in [-0.05, 0) is 17.9 Å². The Labute approximate surface area is 109 Å². The predicted molar refractivity (Wildman–Crippen MR) is 74.4 cm³/mol. The molecule has 1 rings (SSSR count). The predicted octanol–water partition coefficient (Wildman–Crippen LogP) is 2.79. The SMILES string of the molecule is CC(C)C[C@@H](NC/C=C/c1ccccc1)C(=O)O. The van der Waals surface area contributed by atoms with Gasteiger partial charge in [-0.3, -0.25) is 4.79 Å². The second kappa shape index (κ2) is 7.67. The van der Waals surface area contributed by atoms with Crippen molar-refractivity contribution in [2.24, 2.45) is 5.92 Å². The first kappa shape index (κ1) is 14.5. The van der Waals surface area contributed by atoms with Crippen LogP contribution in [0.15, 0.2) is 36.4 Å². The molecule has 0 aliphatic heterocycles. The highest BCUT2D eigenvalue weighted by atomic mass is 16.4. The third-order valence-corrected chi connectivity index (χ3v) is 2.60. The molecule has 0 unspecified atom stereocenters. The van der Waals surface area contributed by atoms with Crippen LogP contribution >= 0.6 is 0 Å². The highest BCUT2D eigenvalue weighted by molar-refractivity contribution is 5.73. The normalized spacial score (nSPS) is 13.1. The number of benzene rings is 1. The van der Waals surface area contributed by atoms with Gasteiger partial charge in [0.15, 0.2) is 0 Å². The van der Waals surface area contributed by atoms with E-state index in [0.717, 1.165) is 5.56 Å². The molecule has 3 nitrogen and oxygen atoms in total. The maximum absolute atomic E-state index is 11.0. The lowest BCUT2D eigenvalue weighted by Crippen LogP contribution is -2.37. The molecule has 3 heteroatoms. The molecule has 2 N–H and O–H groups in total. The molecule has 0 saturated heterocycles. The fraction of sp³-hybridized carbons (Fsp3) is 0.400. The summed E-state index contributed by atoms with van der Waals surface area (Å²) in [6, 6.07) is 9.49. The molecule has 0 aromatic heterocycles. The maximum Gasteiger partial charge on any atom is 0.320 e. The van der Waals surface area contributed by atoms with Crippen LogP contribution in [-0.4, -0.2) is 23.7 Å². The Bertz CT molecular complexity index is 385. The summed E-state index contributed by atoms with van der Waals surface area (Å²) in [6.45, 7) is 4.62. The Morgan fingerprint density at radius 1 is 1.33 bits per heavy atom. The largest absolute Gasteiger partial charge is 0.480 e. The van der Waals surface area contributed by atoms with Crippen LogP contribution in [0.1, 0.15) is 25.8 Å². The van der Waals surface area contributed by atoms with E-state index in [1.807, 2.05) is 56.3 Å². The molecule has 1 aromatic carbocycles. The van der Waals surface area contributed by atoms with E-state index in [4.69, 9.17) is 5.11 Å². The zero-order chi connectivity index (χ0) is 13.4. The molecule has 0 aliphatic carbocycles. The van der Waals surface area contributed by atoms with E-state index in [2.05, 4.69) is 5.32 Å². The Kier molecular flexibility index (Phi) is 6.15. The average Bonchev–Trinajstić information content (AvgIpc) is 2.33. The van der Waals surface area contributed by atoms with Crippen LogP contribution in [0.2, 0.25) is 0 Å². The number of carboxylic acids is 1. The molecule has 0 aliphatic rings. The summed E-state index contributed by atoms with van der Waals surface area (Å²) in [7, 11) is 0. The van der Waals surface area contributed by atoms with Gasteiger partial charge in [0.05, 0.1) is 0 Å². The third-order valence-electron chi connectivity index (χ3n) is 2.60. The first-order chi connectivity index (χ1) is 8.59. The Morgan fingerprint density at radius 3 is 2.56 bits per heavy atom. The molecule has 0 heterocycles. The van der Waals surface area contributed by atoms with Gasteiger partial charge in [0, 0.05) is 6.54 Å².